The number of benzene rings is 1. The van der Waals surface area contributed by atoms with Crippen molar-refractivity contribution in [3.63, 3.8) is 0 Å². The number of hydrogen-bond donors (Lipinski definition) is 1. The first kappa shape index (κ1) is 13.8. The normalized spacial score (nSPS) is 10.2. The van der Waals surface area contributed by atoms with E-state index >= 15 is 0 Å². The zero-order valence-electron chi connectivity index (χ0n) is 11.4. The van der Waals surface area contributed by atoms with Gasteiger partial charge in [-0.25, -0.2) is 14.8 Å². The van der Waals surface area contributed by atoms with Gasteiger partial charge in [0.15, 0.2) is 11.5 Å². The highest BCUT2D eigenvalue weighted by atomic mass is 16.5. The van der Waals surface area contributed by atoms with Crippen molar-refractivity contribution < 1.29 is 19.4 Å². The van der Waals surface area contributed by atoms with Gasteiger partial charge in [-0.05, 0) is 38.1 Å². The molecule has 0 aliphatic heterocycles. The van der Waals surface area contributed by atoms with Gasteiger partial charge >= 0.3 is 12.0 Å². The van der Waals surface area contributed by atoms with Crippen LogP contribution < -0.4 is 9.47 Å². The zero-order chi connectivity index (χ0) is 14.7. The monoisotopic (exact) mass is 274 g/mol. The lowest BCUT2D eigenvalue weighted by Crippen LogP contribution is -2.00. The minimum Gasteiger partial charge on any atom is -0.493 e. The highest BCUT2D eigenvalue weighted by molar-refractivity contribution is 5.88. The molecule has 0 fully saturated rings. The lowest BCUT2D eigenvalue weighted by atomic mass is 10.2. The molecule has 0 saturated carbocycles. The summed E-state index contributed by atoms with van der Waals surface area (Å²) < 4.78 is 10.7. The first-order valence-corrected chi connectivity index (χ1v) is 5.91. The van der Waals surface area contributed by atoms with E-state index in [9.17, 15) is 4.79 Å². The highest BCUT2D eigenvalue weighted by Crippen LogP contribution is 2.31. The van der Waals surface area contributed by atoms with E-state index in [0.29, 0.717) is 5.75 Å². The largest absolute Gasteiger partial charge is 0.493 e. The quantitative estimate of drug-likeness (QED) is 0.922. The van der Waals surface area contributed by atoms with Crippen molar-refractivity contribution in [2.45, 2.75) is 13.8 Å². The van der Waals surface area contributed by atoms with Crippen LogP contribution in [-0.2, 0) is 0 Å². The molecule has 1 heterocycles. The average molecular weight is 274 g/mol. The molecule has 0 atom stereocenters. The van der Waals surface area contributed by atoms with Crippen LogP contribution in [0.3, 0.4) is 0 Å². The summed E-state index contributed by atoms with van der Waals surface area (Å²) in [7, 11) is 1.48. The third-order valence-electron chi connectivity index (χ3n) is 2.57. The number of aryl methyl sites for hydroxylation is 2. The van der Waals surface area contributed by atoms with Crippen molar-refractivity contribution in [3.8, 4) is 17.5 Å². The number of nitrogens with zero attached hydrogens (tertiary/aromatic N) is 2. The van der Waals surface area contributed by atoms with E-state index in [0.717, 1.165) is 11.4 Å². The van der Waals surface area contributed by atoms with E-state index in [1.165, 1.54) is 25.3 Å². The van der Waals surface area contributed by atoms with Crippen LogP contribution in [0.1, 0.15) is 21.7 Å². The van der Waals surface area contributed by atoms with Crippen LogP contribution in [0.4, 0.5) is 0 Å². The van der Waals surface area contributed by atoms with E-state index in [2.05, 4.69) is 9.97 Å². The second-order valence-corrected chi connectivity index (χ2v) is 4.21. The standard InChI is InChI=1S/C14H14N2O4/c1-8-6-9(2)16-14(15-8)20-12-7-10(13(17)18)4-5-11(12)19-3/h4-7H,1-3H3,(H,17,18). The van der Waals surface area contributed by atoms with E-state index in [1.807, 2.05) is 19.9 Å². The molecule has 2 rings (SSSR count). The van der Waals surface area contributed by atoms with Gasteiger partial charge in [0, 0.05) is 11.4 Å². The molecular weight excluding hydrogens is 260 g/mol. The molecule has 1 aromatic carbocycles. The first-order valence-electron chi connectivity index (χ1n) is 5.91. The molecular formula is C14H14N2O4. The SMILES string of the molecule is COc1ccc(C(=O)O)cc1Oc1nc(C)cc(C)n1. The fourth-order valence-electron chi connectivity index (χ4n) is 1.73. The summed E-state index contributed by atoms with van der Waals surface area (Å²) in [5.41, 5.74) is 1.63. The molecule has 0 amide bonds. The Kier molecular flexibility index (Phi) is 3.84. The van der Waals surface area contributed by atoms with Crippen LogP contribution in [0.2, 0.25) is 0 Å². The van der Waals surface area contributed by atoms with Crippen molar-refractivity contribution >= 4 is 5.97 Å². The van der Waals surface area contributed by atoms with Crippen molar-refractivity contribution in [1.82, 2.24) is 9.97 Å². The number of ether oxygens (including phenoxy) is 2. The number of carboxylic acids is 1. The minimum absolute atomic E-state index is 0.102. The Morgan fingerprint density at radius 1 is 1.10 bits per heavy atom. The molecule has 0 bridgehead atoms. The van der Waals surface area contributed by atoms with Crippen LogP contribution in [0.15, 0.2) is 24.3 Å². The van der Waals surface area contributed by atoms with Crippen molar-refractivity contribution in [2.75, 3.05) is 7.11 Å². The third-order valence-corrected chi connectivity index (χ3v) is 2.57. The zero-order valence-corrected chi connectivity index (χ0v) is 11.4. The van der Waals surface area contributed by atoms with Gasteiger partial charge in [0.05, 0.1) is 12.7 Å². The Morgan fingerprint density at radius 3 is 2.30 bits per heavy atom. The molecule has 0 spiro atoms. The Hall–Kier alpha value is -2.63. The minimum atomic E-state index is -1.04. The van der Waals surface area contributed by atoms with Crippen molar-refractivity contribution in [2.24, 2.45) is 0 Å². The Labute approximate surface area is 116 Å². The fourth-order valence-corrected chi connectivity index (χ4v) is 1.73. The maximum atomic E-state index is 11.0. The van der Waals surface area contributed by atoms with Gasteiger partial charge in [0.1, 0.15) is 0 Å². The summed E-state index contributed by atoms with van der Waals surface area (Å²) in [5, 5.41) is 9.00. The highest BCUT2D eigenvalue weighted by Gasteiger charge is 2.12. The average Bonchev–Trinajstić information content (AvgIpc) is 2.37. The van der Waals surface area contributed by atoms with Gasteiger partial charge in [-0.3, -0.25) is 0 Å². The van der Waals surface area contributed by atoms with Crippen LogP contribution in [0.5, 0.6) is 17.5 Å². The molecule has 0 aliphatic carbocycles. The predicted octanol–water partition coefficient (Wildman–Crippen LogP) is 2.59. The van der Waals surface area contributed by atoms with Gasteiger partial charge in [0.25, 0.3) is 0 Å². The number of carbonyl (C=O) groups is 1. The summed E-state index contributed by atoms with van der Waals surface area (Å²) in [5.74, 6) is -0.367. The molecule has 2 aromatic rings. The number of aromatic carboxylic acids is 1. The number of methoxy groups -OCH3 is 1. The Bertz CT molecular complexity index is 635. The molecule has 6 heteroatoms. The van der Waals surface area contributed by atoms with Gasteiger partial charge in [-0.1, -0.05) is 0 Å². The van der Waals surface area contributed by atoms with Gasteiger partial charge in [-0.15, -0.1) is 0 Å². The van der Waals surface area contributed by atoms with E-state index in [1.54, 1.807) is 0 Å². The molecule has 0 aliphatic rings. The summed E-state index contributed by atoms with van der Waals surface area (Å²) in [4.78, 5) is 19.3. The molecule has 0 unspecified atom stereocenters. The van der Waals surface area contributed by atoms with Gasteiger partial charge < -0.3 is 14.6 Å². The molecule has 0 radical (unpaired) electrons. The topological polar surface area (TPSA) is 81.5 Å². The van der Waals surface area contributed by atoms with Crippen LogP contribution in [-0.4, -0.2) is 28.2 Å². The van der Waals surface area contributed by atoms with Crippen molar-refractivity contribution in [1.29, 1.82) is 0 Å². The predicted molar refractivity (Wildman–Crippen MR) is 71.5 cm³/mol. The summed E-state index contributed by atoms with van der Waals surface area (Å²) in [6, 6.07) is 6.32. The van der Waals surface area contributed by atoms with Gasteiger partial charge in [0.2, 0.25) is 0 Å². The van der Waals surface area contributed by atoms with Gasteiger partial charge in [-0.2, -0.15) is 0 Å². The second kappa shape index (κ2) is 5.56. The van der Waals surface area contributed by atoms with E-state index in [-0.39, 0.29) is 17.3 Å². The lowest BCUT2D eigenvalue weighted by Gasteiger charge is -2.10. The first-order chi connectivity index (χ1) is 9.49. The van der Waals surface area contributed by atoms with Crippen molar-refractivity contribution in [3.05, 3.63) is 41.2 Å². The number of rotatable bonds is 4. The number of aromatic nitrogens is 2. The molecule has 104 valence electrons. The second-order valence-electron chi connectivity index (χ2n) is 4.21. The third kappa shape index (κ3) is 3.03. The maximum Gasteiger partial charge on any atom is 0.335 e. The molecule has 0 saturated heterocycles. The van der Waals surface area contributed by atoms with Crippen LogP contribution in [0.25, 0.3) is 0 Å². The Morgan fingerprint density at radius 2 is 1.75 bits per heavy atom. The molecule has 20 heavy (non-hydrogen) atoms. The fraction of sp³-hybridized carbons (Fsp3) is 0.214. The molecule has 1 N–H and O–H groups in total. The number of hydrogen-bond acceptors (Lipinski definition) is 5. The molecule has 1 aromatic heterocycles. The maximum absolute atomic E-state index is 11.0. The lowest BCUT2D eigenvalue weighted by molar-refractivity contribution is 0.0696. The van der Waals surface area contributed by atoms with E-state index in [4.69, 9.17) is 14.6 Å². The Balaban J connectivity index is 2.40. The smallest absolute Gasteiger partial charge is 0.335 e. The summed E-state index contributed by atoms with van der Waals surface area (Å²) >= 11 is 0. The summed E-state index contributed by atoms with van der Waals surface area (Å²) in [6.07, 6.45) is 0. The number of carboxylic acid groups (broad SMARTS) is 1. The van der Waals surface area contributed by atoms with Crippen LogP contribution in [0, 0.1) is 13.8 Å². The molecule has 6 nitrogen and oxygen atoms in total. The summed E-state index contributed by atoms with van der Waals surface area (Å²) in [6.45, 7) is 3.65. The van der Waals surface area contributed by atoms with E-state index < -0.39 is 5.97 Å². The van der Waals surface area contributed by atoms with Crippen LogP contribution >= 0.6 is 0 Å².